The van der Waals surface area contributed by atoms with Crippen LogP contribution in [0, 0.1) is 0 Å². The number of hydrazone groups is 1. The summed E-state index contributed by atoms with van der Waals surface area (Å²) in [6.45, 7) is -0.277. The first-order valence-electron chi connectivity index (χ1n) is 7.00. The maximum atomic E-state index is 12.1. The van der Waals surface area contributed by atoms with Gasteiger partial charge in [-0.05, 0) is 67.8 Å². The molecule has 0 unspecified atom stereocenters. The number of nitrogens with zero attached hydrogens (tertiary/aromatic N) is 1. The maximum absolute atomic E-state index is 12.1. The summed E-state index contributed by atoms with van der Waals surface area (Å²) in [6, 6.07) is 7.69. The lowest BCUT2D eigenvalue weighted by Gasteiger charge is -2.06. The summed E-state index contributed by atoms with van der Waals surface area (Å²) in [5.74, 6) is -0.763. The Morgan fingerprint density at radius 1 is 1.27 bits per heavy atom. The molecule has 2 rings (SSSR count). The van der Waals surface area contributed by atoms with Crippen molar-refractivity contribution in [1.82, 2.24) is 5.43 Å². The number of carbonyl (C=O) groups excluding carboxylic acids is 2. The molecule has 0 aromatic heterocycles. The number of benzene rings is 2. The number of rotatable bonds is 6. The normalized spacial score (nSPS) is 10.7. The minimum atomic E-state index is -0.609. The standard InChI is InChI=1S/C16H12Br2ClN3O4/c17-10-4-9(5-11(18)15(10)24)16(25)22-21-6-8-1-2-13(12(19)3-8)26-7-14(20)23/h1-6,24H,7H2,(H2,20,23)(H,22,25). The van der Waals surface area contributed by atoms with Crippen molar-refractivity contribution in [2.24, 2.45) is 10.8 Å². The molecular weight excluding hydrogens is 493 g/mol. The molecule has 2 aromatic rings. The van der Waals surface area contributed by atoms with Crippen LogP contribution in [0.3, 0.4) is 0 Å². The molecule has 0 fully saturated rings. The Balaban J connectivity index is 2.03. The van der Waals surface area contributed by atoms with Crippen LogP contribution in [0.25, 0.3) is 0 Å². The molecule has 2 amide bonds. The van der Waals surface area contributed by atoms with Crippen LogP contribution < -0.4 is 15.9 Å². The Hall–Kier alpha value is -2.10. The maximum Gasteiger partial charge on any atom is 0.271 e. The summed E-state index contributed by atoms with van der Waals surface area (Å²) in [7, 11) is 0. The fraction of sp³-hybridized carbons (Fsp3) is 0.0625. The van der Waals surface area contributed by atoms with Gasteiger partial charge >= 0.3 is 0 Å². The van der Waals surface area contributed by atoms with Crippen molar-refractivity contribution in [3.8, 4) is 11.5 Å². The zero-order chi connectivity index (χ0) is 19.3. The van der Waals surface area contributed by atoms with Crippen LogP contribution in [-0.2, 0) is 4.79 Å². The van der Waals surface area contributed by atoms with Gasteiger partial charge in [-0.15, -0.1) is 0 Å². The number of carbonyl (C=O) groups is 2. The molecule has 0 bridgehead atoms. The molecule has 0 saturated heterocycles. The van der Waals surface area contributed by atoms with Crippen molar-refractivity contribution >= 4 is 61.5 Å². The van der Waals surface area contributed by atoms with E-state index in [1.807, 2.05) is 0 Å². The van der Waals surface area contributed by atoms with Crippen LogP contribution >= 0.6 is 43.5 Å². The minimum Gasteiger partial charge on any atom is -0.506 e. The van der Waals surface area contributed by atoms with Crippen LogP contribution in [0.2, 0.25) is 5.02 Å². The van der Waals surface area contributed by atoms with Gasteiger partial charge in [-0.2, -0.15) is 5.10 Å². The van der Waals surface area contributed by atoms with Crippen molar-refractivity contribution in [3.63, 3.8) is 0 Å². The highest BCUT2D eigenvalue weighted by Gasteiger charge is 2.11. The van der Waals surface area contributed by atoms with Gasteiger partial charge in [0.15, 0.2) is 6.61 Å². The molecule has 0 aliphatic carbocycles. The highest BCUT2D eigenvalue weighted by Crippen LogP contribution is 2.33. The number of nitrogens with two attached hydrogens (primary N) is 1. The van der Waals surface area contributed by atoms with E-state index in [0.717, 1.165) is 0 Å². The van der Waals surface area contributed by atoms with Gasteiger partial charge in [0.1, 0.15) is 11.5 Å². The van der Waals surface area contributed by atoms with E-state index in [2.05, 4.69) is 42.4 Å². The van der Waals surface area contributed by atoms with E-state index in [1.54, 1.807) is 18.2 Å². The molecule has 0 radical (unpaired) electrons. The highest BCUT2D eigenvalue weighted by atomic mass is 79.9. The second-order valence-electron chi connectivity index (χ2n) is 4.93. The van der Waals surface area contributed by atoms with Crippen molar-refractivity contribution in [2.75, 3.05) is 6.61 Å². The first-order chi connectivity index (χ1) is 12.3. The minimum absolute atomic E-state index is 0.00154. The quantitative estimate of drug-likeness (QED) is 0.413. The van der Waals surface area contributed by atoms with E-state index in [9.17, 15) is 14.7 Å². The molecule has 4 N–H and O–H groups in total. The monoisotopic (exact) mass is 503 g/mol. The molecule has 7 nitrogen and oxygen atoms in total. The van der Waals surface area contributed by atoms with Crippen molar-refractivity contribution in [1.29, 1.82) is 0 Å². The fourth-order valence-electron chi connectivity index (χ4n) is 1.79. The topological polar surface area (TPSA) is 114 Å². The number of hydrogen-bond donors (Lipinski definition) is 3. The van der Waals surface area contributed by atoms with E-state index in [-0.39, 0.29) is 17.4 Å². The first-order valence-corrected chi connectivity index (χ1v) is 8.96. The van der Waals surface area contributed by atoms with Gasteiger partial charge in [0, 0.05) is 5.56 Å². The van der Waals surface area contributed by atoms with Gasteiger partial charge < -0.3 is 15.6 Å². The number of nitrogens with one attached hydrogen (secondary N) is 1. The van der Waals surface area contributed by atoms with Crippen LogP contribution in [0.1, 0.15) is 15.9 Å². The van der Waals surface area contributed by atoms with E-state index >= 15 is 0 Å². The smallest absolute Gasteiger partial charge is 0.271 e. The molecular formula is C16H12Br2ClN3O4. The third kappa shape index (κ3) is 5.45. The van der Waals surface area contributed by atoms with Gasteiger partial charge in [0.2, 0.25) is 0 Å². The Bertz CT molecular complexity index is 867. The second-order valence-corrected chi connectivity index (χ2v) is 7.05. The van der Waals surface area contributed by atoms with E-state index in [0.29, 0.717) is 25.8 Å². The summed E-state index contributed by atoms with van der Waals surface area (Å²) >= 11 is 12.3. The molecule has 0 aliphatic rings. The summed E-state index contributed by atoms with van der Waals surface area (Å²) in [5.41, 5.74) is 8.27. The number of hydrogen-bond acceptors (Lipinski definition) is 5. The number of ether oxygens (including phenoxy) is 1. The third-order valence-electron chi connectivity index (χ3n) is 2.98. The first kappa shape index (κ1) is 20.2. The highest BCUT2D eigenvalue weighted by molar-refractivity contribution is 9.11. The molecule has 136 valence electrons. The van der Waals surface area contributed by atoms with Crippen LogP contribution in [0.15, 0.2) is 44.4 Å². The van der Waals surface area contributed by atoms with Crippen molar-refractivity contribution < 1.29 is 19.4 Å². The Labute approximate surface area is 170 Å². The average molecular weight is 506 g/mol. The molecule has 0 saturated carbocycles. The van der Waals surface area contributed by atoms with Gasteiger partial charge in [0.05, 0.1) is 20.2 Å². The summed E-state index contributed by atoms with van der Waals surface area (Å²) < 4.78 is 5.88. The van der Waals surface area contributed by atoms with Crippen LogP contribution in [-0.4, -0.2) is 29.7 Å². The van der Waals surface area contributed by atoms with E-state index < -0.39 is 11.8 Å². The lowest BCUT2D eigenvalue weighted by Crippen LogP contribution is -2.20. The molecule has 0 atom stereocenters. The Kier molecular flexibility index (Phi) is 7.01. The van der Waals surface area contributed by atoms with Gasteiger partial charge in [-0.25, -0.2) is 5.43 Å². The number of primary amides is 1. The summed E-state index contributed by atoms with van der Waals surface area (Å²) in [5, 5.41) is 13.8. The molecule has 0 spiro atoms. The molecule has 10 heteroatoms. The third-order valence-corrected chi connectivity index (χ3v) is 4.49. The molecule has 0 aliphatic heterocycles. The number of phenolic OH excluding ortho intramolecular Hbond substituents is 1. The zero-order valence-electron chi connectivity index (χ0n) is 13.0. The van der Waals surface area contributed by atoms with E-state index in [4.69, 9.17) is 22.1 Å². The predicted molar refractivity (Wildman–Crippen MR) is 105 cm³/mol. The van der Waals surface area contributed by atoms with Crippen LogP contribution in [0.4, 0.5) is 0 Å². The SMILES string of the molecule is NC(=O)COc1ccc(C=NNC(=O)c2cc(Br)c(O)c(Br)c2)cc1Cl. The second kappa shape index (κ2) is 9.02. The van der Waals surface area contributed by atoms with Gasteiger partial charge in [-0.1, -0.05) is 11.6 Å². The zero-order valence-corrected chi connectivity index (χ0v) is 16.9. The Morgan fingerprint density at radius 3 is 2.50 bits per heavy atom. The number of aromatic hydroxyl groups is 1. The molecule has 0 heterocycles. The average Bonchev–Trinajstić information content (AvgIpc) is 2.58. The lowest BCUT2D eigenvalue weighted by atomic mass is 10.2. The lowest BCUT2D eigenvalue weighted by molar-refractivity contribution is -0.119. The van der Waals surface area contributed by atoms with Crippen molar-refractivity contribution in [2.45, 2.75) is 0 Å². The Morgan fingerprint density at radius 2 is 1.92 bits per heavy atom. The molecule has 26 heavy (non-hydrogen) atoms. The number of amides is 2. The summed E-state index contributed by atoms with van der Waals surface area (Å²) in [4.78, 5) is 22.8. The number of halogens is 3. The van der Waals surface area contributed by atoms with Gasteiger partial charge in [-0.3, -0.25) is 9.59 Å². The number of phenols is 1. The van der Waals surface area contributed by atoms with Crippen LogP contribution in [0.5, 0.6) is 11.5 Å². The van der Waals surface area contributed by atoms with Crippen molar-refractivity contribution in [3.05, 3.63) is 55.4 Å². The fourth-order valence-corrected chi connectivity index (χ4v) is 3.22. The van der Waals surface area contributed by atoms with Gasteiger partial charge in [0.25, 0.3) is 11.8 Å². The van der Waals surface area contributed by atoms with E-state index in [1.165, 1.54) is 18.3 Å². The molecule has 2 aromatic carbocycles. The summed E-state index contributed by atoms with van der Waals surface area (Å²) in [6.07, 6.45) is 1.39. The largest absolute Gasteiger partial charge is 0.506 e. The predicted octanol–water partition coefficient (Wildman–Crippen LogP) is 3.20.